The number of imidazole rings is 1. The lowest BCUT2D eigenvalue weighted by Gasteiger charge is -2.31. The Morgan fingerprint density at radius 3 is 2.49 bits per heavy atom. The third-order valence-corrected chi connectivity index (χ3v) is 7.85. The molecule has 2 aromatic heterocycles. The van der Waals surface area contributed by atoms with Crippen molar-refractivity contribution in [1.29, 1.82) is 0 Å². The molecule has 0 bridgehead atoms. The molecular formula is C25H30ClF2N7O2. The second-order valence-corrected chi connectivity index (χ2v) is 10.6. The van der Waals surface area contributed by atoms with E-state index in [0.717, 1.165) is 25.0 Å². The molecule has 1 unspecified atom stereocenters. The number of carbonyl (C=O) groups excluding carboxylic acids is 1. The normalized spacial score (nSPS) is 26.2. The van der Waals surface area contributed by atoms with E-state index in [2.05, 4.69) is 20.6 Å². The molecule has 5 rings (SSSR count). The average molecular weight is 534 g/mol. The monoisotopic (exact) mass is 533 g/mol. The molecule has 9 nitrogen and oxygen atoms in total. The molecule has 2 heterocycles. The van der Waals surface area contributed by atoms with Crippen LogP contribution in [0.3, 0.4) is 0 Å². The summed E-state index contributed by atoms with van der Waals surface area (Å²) in [4.78, 5) is 25.4. The first-order valence-electron chi connectivity index (χ1n) is 12.6. The van der Waals surface area contributed by atoms with Crippen LogP contribution in [-0.4, -0.2) is 42.7 Å². The first-order valence-corrected chi connectivity index (χ1v) is 13.0. The first kappa shape index (κ1) is 25.6. The van der Waals surface area contributed by atoms with E-state index in [1.54, 1.807) is 6.20 Å². The van der Waals surface area contributed by atoms with Crippen LogP contribution in [0.2, 0.25) is 5.02 Å². The summed E-state index contributed by atoms with van der Waals surface area (Å²) in [5.74, 6) is -1.37. The summed E-state index contributed by atoms with van der Waals surface area (Å²) < 4.78 is 31.1. The summed E-state index contributed by atoms with van der Waals surface area (Å²) in [6.45, 7) is 2.04. The zero-order chi connectivity index (χ0) is 26.3. The number of nitrogens with one attached hydrogen (secondary N) is 2. The lowest BCUT2D eigenvalue weighted by atomic mass is 9.85. The summed E-state index contributed by atoms with van der Waals surface area (Å²) in [5, 5.41) is 16.3. The number of anilines is 3. The smallest absolute Gasteiger partial charge is 0.224 e. The molecule has 0 saturated heterocycles. The van der Waals surface area contributed by atoms with Crippen LogP contribution in [0.1, 0.15) is 57.9 Å². The average Bonchev–Trinajstić information content (AvgIpc) is 3.21. The molecule has 0 radical (unpaired) electrons. The maximum Gasteiger partial charge on any atom is 0.224 e. The molecule has 0 aliphatic heterocycles. The van der Waals surface area contributed by atoms with Gasteiger partial charge in [-0.15, -0.1) is 0 Å². The summed E-state index contributed by atoms with van der Waals surface area (Å²) in [5.41, 5.74) is 6.10. The van der Waals surface area contributed by atoms with Gasteiger partial charge in [-0.05, 0) is 63.0 Å². The summed E-state index contributed by atoms with van der Waals surface area (Å²) >= 11 is 5.79. The van der Waals surface area contributed by atoms with Gasteiger partial charge in [-0.2, -0.15) is 4.98 Å². The Bertz CT molecular complexity index is 1290. The third kappa shape index (κ3) is 5.33. The Kier molecular flexibility index (Phi) is 7.17. The van der Waals surface area contributed by atoms with Crippen molar-refractivity contribution in [2.45, 2.75) is 70.1 Å². The number of carbonyl (C=O) groups is 1. The zero-order valence-electron chi connectivity index (χ0n) is 20.4. The summed E-state index contributed by atoms with van der Waals surface area (Å²) in [7, 11) is 0. The van der Waals surface area contributed by atoms with Crippen molar-refractivity contribution in [3.8, 4) is 0 Å². The van der Waals surface area contributed by atoms with Crippen LogP contribution in [0.25, 0.3) is 11.2 Å². The fourth-order valence-corrected chi connectivity index (χ4v) is 5.59. The second kappa shape index (κ2) is 10.4. The Hall–Kier alpha value is -3.05. The van der Waals surface area contributed by atoms with Gasteiger partial charge in [-0.1, -0.05) is 18.5 Å². The highest BCUT2D eigenvalue weighted by atomic mass is 35.5. The number of aliphatic hydroxyl groups excluding tert-OH is 1. The number of hydrogen-bond acceptors (Lipinski definition) is 7. The molecular weight excluding hydrogens is 504 g/mol. The van der Waals surface area contributed by atoms with Crippen molar-refractivity contribution in [2.75, 3.05) is 10.6 Å². The number of aliphatic hydroxyl groups is 1. The highest BCUT2D eigenvalue weighted by Crippen LogP contribution is 2.38. The van der Waals surface area contributed by atoms with E-state index in [1.807, 2.05) is 11.5 Å². The van der Waals surface area contributed by atoms with Gasteiger partial charge in [0.25, 0.3) is 0 Å². The molecule has 3 atom stereocenters. The van der Waals surface area contributed by atoms with Crippen molar-refractivity contribution in [3.63, 3.8) is 0 Å². The van der Waals surface area contributed by atoms with E-state index in [-0.39, 0.29) is 52.6 Å². The standard InChI is InChI=1S/C25H30ClF2N7O2/c1-12-2-5-15(10-20(12)36)31-24-30-11-19-23(34-24)35(16-6-3-13(4-7-16)22(29)37)25(32-19)33-21-17(27)8-14(26)9-18(21)28/h8-9,11-13,15-16,20,36H,2-7,10H2,1H3,(H2,29,37)(H,32,33)(H,30,31,34)/t12-,13-,15-,16+,20?/m1/s1. The topological polar surface area (TPSA) is 131 Å². The number of hydrogen-bond donors (Lipinski definition) is 4. The summed E-state index contributed by atoms with van der Waals surface area (Å²) in [6, 6.07) is 1.96. The van der Waals surface area contributed by atoms with Gasteiger partial charge in [0.2, 0.25) is 17.8 Å². The highest BCUT2D eigenvalue weighted by Gasteiger charge is 2.30. The van der Waals surface area contributed by atoms with Gasteiger partial charge in [0.1, 0.15) is 11.2 Å². The predicted molar refractivity (Wildman–Crippen MR) is 137 cm³/mol. The largest absolute Gasteiger partial charge is 0.393 e. The van der Waals surface area contributed by atoms with Crippen LogP contribution in [0.5, 0.6) is 0 Å². The molecule has 3 aromatic rings. The maximum absolute atomic E-state index is 14.6. The van der Waals surface area contributed by atoms with E-state index in [0.29, 0.717) is 49.2 Å². The number of benzene rings is 1. The molecule has 198 valence electrons. The van der Waals surface area contributed by atoms with Gasteiger partial charge >= 0.3 is 0 Å². The Balaban J connectivity index is 1.50. The van der Waals surface area contributed by atoms with Crippen molar-refractivity contribution < 1.29 is 18.7 Å². The van der Waals surface area contributed by atoms with Crippen LogP contribution < -0.4 is 16.4 Å². The molecule has 2 aliphatic rings. The Morgan fingerprint density at radius 2 is 1.84 bits per heavy atom. The number of halogens is 3. The number of aromatic nitrogens is 4. The predicted octanol–water partition coefficient (Wildman–Crippen LogP) is 4.68. The number of amides is 1. The molecule has 1 amide bonds. The number of nitrogens with zero attached hydrogens (tertiary/aromatic N) is 4. The van der Waals surface area contributed by atoms with Crippen LogP contribution >= 0.6 is 11.6 Å². The minimum Gasteiger partial charge on any atom is -0.393 e. The number of primary amides is 1. The van der Waals surface area contributed by atoms with Gasteiger partial charge < -0.3 is 21.5 Å². The lowest BCUT2D eigenvalue weighted by Crippen LogP contribution is -2.35. The SMILES string of the molecule is C[C@@H]1CC[C@@H](Nc2ncc3nc(Nc4c(F)cc(Cl)cc4F)n([C@H]4CC[C@@H](C(N)=O)CC4)c3n2)CC1O. The van der Waals surface area contributed by atoms with E-state index in [1.165, 1.54) is 0 Å². The third-order valence-electron chi connectivity index (χ3n) is 7.63. The van der Waals surface area contributed by atoms with Crippen LogP contribution in [0.15, 0.2) is 18.3 Å². The van der Waals surface area contributed by atoms with Gasteiger partial charge in [-0.25, -0.2) is 18.7 Å². The molecule has 2 aliphatic carbocycles. The van der Waals surface area contributed by atoms with Crippen molar-refractivity contribution in [1.82, 2.24) is 19.5 Å². The van der Waals surface area contributed by atoms with Crippen LogP contribution in [0.4, 0.5) is 26.4 Å². The van der Waals surface area contributed by atoms with E-state index in [9.17, 15) is 18.7 Å². The maximum atomic E-state index is 14.6. The van der Waals surface area contributed by atoms with Crippen LogP contribution in [-0.2, 0) is 4.79 Å². The van der Waals surface area contributed by atoms with Gasteiger partial charge in [0.05, 0.1) is 12.3 Å². The van der Waals surface area contributed by atoms with Crippen LogP contribution in [0, 0.1) is 23.5 Å². The number of nitrogens with two attached hydrogens (primary N) is 1. The molecule has 2 saturated carbocycles. The van der Waals surface area contributed by atoms with Gasteiger partial charge in [-0.3, -0.25) is 9.36 Å². The molecule has 12 heteroatoms. The molecule has 1 aromatic carbocycles. The Labute approximate surface area is 217 Å². The summed E-state index contributed by atoms with van der Waals surface area (Å²) in [6.07, 6.45) is 6.00. The molecule has 37 heavy (non-hydrogen) atoms. The highest BCUT2D eigenvalue weighted by molar-refractivity contribution is 6.30. The molecule has 2 fully saturated rings. The quantitative estimate of drug-likeness (QED) is 0.362. The zero-order valence-corrected chi connectivity index (χ0v) is 21.2. The molecule has 0 spiro atoms. The minimum atomic E-state index is -0.848. The molecule has 5 N–H and O–H groups in total. The van der Waals surface area contributed by atoms with E-state index < -0.39 is 11.6 Å². The second-order valence-electron chi connectivity index (χ2n) is 10.2. The van der Waals surface area contributed by atoms with Crippen molar-refractivity contribution in [2.24, 2.45) is 17.6 Å². The fraction of sp³-hybridized carbons (Fsp3) is 0.520. The van der Waals surface area contributed by atoms with Crippen molar-refractivity contribution >= 4 is 46.3 Å². The van der Waals surface area contributed by atoms with Gasteiger partial charge in [0.15, 0.2) is 17.3 Å². The minimum absolute atomic E-state index is 0.0286. The first-order chi connectivity index (χ1) is 17.7. The van der Waals surface area contributed by atoms with E-state index >= 15 is 0 Å². The number of rotatable bonds is 6. The lowest BCUT2D eigenvalue weighted by molar-refractivity contribution is -0.122. The Morgan fingerprint density at radius 1 is 1.14 bits per heavy atom. The van der Waals surface area contributed by atoms with Gasteiger partial charge in [0, 0.05) is 23.0 Å². The number of fused-ring (bicyclic) bond motifs is 1. The van der Waals surface area contributed by atoms with Crippen molar-refractivity contribution in [3.05, 3.63) is 35.0 Å². The van der Waals surface area contributed by atoms with E-state index in [4.69, 9.17) is 22.3 Å². The fourth-order valence-electron chi connectivity index (χ4n) is 5.40.